The maximum absolute atomic E-state index is 5.78. The van der Waals surface area contributed by atoms with E-state index in [-0.39, 0.29) is 6.04 Å². The Bertz CT molecular complexity index is 642. The molecule has 0 saturated carbocycles. The largest absolute Gasteiger partial charge is 0.493 e. The molecule has 1 aliphatic rings. The van der Waals surface area contributed by atoms with Crippen LogP contribution in [0.2, 0.25) is 0 Å². The van der Waals surface area contributed by atoms with Crippen molar-refractivity contribution in [2.24, 2.45) is 5.84 Å². The third-order valence-electron chi connectivity index (χ3n) is 3.73. The summed E-state index contributed by atoms with van der Waals surface area (Å²) in [7, 11) is 0. The Balaban J connectivity index is 1.98. The van der Waals surface area contributed by atoms with Gasteiger partial charge in [-0.1, -0.05) is 40.2 Å². The molecule has 1 aliphatic heterocycles. The highest BCUT2D eigenvalue weighted by Crippen LogP contribution is 2.31. The SMILES string of the molecule is Cc1cc(C(NN)c2ccc3c(c2)CCO3)ccc1Br. The molecule has 1 unspecified atom stereocenters. The summed E-state index contributed by atoms with van der Waals surface area (Å²) in [6, 6.07) is 12.6. The number of aryl methyl sites for hydroxylation is 1. The van der Waals surface area contributed by atoms with Gasteiger partial charge in [0.1, 0.15) is 5.75 Å². The minimum absolute atomic E-state index is 0.00676. The number of hydrogen-bond acceptors (Lipinski definition) is 3. The zero-order valence-corrected chi connectivity index (χ0v) is 12.9. The van der Waals surface area contributed by atoms with Crippen LogP contribution in [0.15, 0.2) is 40.9 Å². The maximum atomic E-state index is 5.78. The number of nitrogens with two attached hydrogens (primary N) is 1. The van der Waals surface area contributed by atoms with Crippen LogP contribution in [0.4, 0.5) is 0 Å². The van der Waals surface area contributed by atoms with Crippen LogP contribution < -0.4 is 16.0 Å². The van der Waals surface area contributed by atoms with Gasteiger partial charge in [0.2, 0.25) is 0 Å². The number of ether oxygens (including phenoxy) is 1. The van der Waals surface area contributed by atoms with Gasteiger partial charge in [0.25, 0.3) is 0 Å². The smallest absolute Gasteiger partial charge is 0.122 e. The van der Waals surface area contributed by atoms with E-state index in [0.717, 1.165) is 28.8 Å². The van der Waals surface area contributed by atoms with Crippen molar-refractivity contribution in [1.29, 1.82) is 0 Å². The topological polar surface area (TPSA) is 47.3 Å². The molecule has 2 aromatic rings. The molecule has 3 rings (SSSR count). The van der Waals surface area contributed by atoms with Gasteiger partial charge in [0.15, 0.2) is 0 Å². The lowest BCUT2D eigenvalue weighted by Crippen LogP contribution is -2.28. The van der Waals surface area contributed by atoms with Crippen LogP contribution in [0.1, 0.15) is 28.3 Å². The predicted molar refractivity (Wildman–Crippen MR) is 83.7 cm³/mol. The number of hydrazine groups is 1. The van der Waals surface area contributed by atoms with Crippen molar-refractivity contribution < 1.29 is 4.74 Å². The van der Waals surface area contributed by atoms with E-state index >= 15 is 0 Å². The maximum Gasteiger partial charge on any atom is 0.122 e. The molecule has 1 atom stereocenters. The lowest BCUT2D eigenvalue weighted by Gasteiger charge is -2.18. The third kappa shape index (κ3) is 2.46. The average Bonchev–Trinajstić information content (AvgIpc) is 2.91. The molecular weight excluding hydrogens is 316 g/mol. The summed E-state index contributed by atoms with van der Waals surface area (Å²) in [6.45, 7) is 2.86. The van der Waals surface area contributed by atoms with E-state index < -0.39 is 0 Å². The Labute approximate surface area is 127 Å². The summed E-state index contributed by atoms with van der Waals surface area (Å²) in [5, 5.41) is 0. The van der Waals surface area contributed by atoms with Gasteiger partial charge < -0.3 is 4.74 Å². The first-order valence-corrected chi connectivity index (χ1v) is 7.46. The molecule has 2 aromatic carbocycles. The van der Waals surface area contributed by atoms with Gasteiger partial charge in [-0.15, -0.1) is 0 Å². The number of benzene rings is 2. The van der Waals surface area contributed by atoms with Crippen LogP contribution in [-0.2, 0) is 6.42 Å². The zero-order valence-electron chi connectivity index (χ0n) is 11.3. The Morgan fingerprint density at radius 3 is 2.70 bits per heavy atom. The summed E-state index contributed by atoms with van der Waals surface area (Å²) in [4.78, 5) is 0. The third-order valence-corrected chi connectivity index (χ3v) is 4.62. The second kappa shape index (κ2) is 5.56. The first kappa shape index (κ1) is 13.6. The van der Waals surface area contributed by atoms with Crippen LogP contribution in [0.5, 0.6) is 5.75 Å². The number of hydrogen-bond donors (Lipinski definition) is 2. The Morgan fingerprint density at radius 2 is 1.95 bits per heavy atom. The summed E-state index contributed by atoms with van der Waals surface area (Å²) < 4.78 is 6.66. The summed E-state index contributed by atoms with van der Waals surface area (Å²) >= 11 is 3.53. The van der Waals surface area contributed by atoms with Crippen LogP contribution in [-0.4, -0.2) is 6.61 Å². The molecule has 3 nitrogen and oxygen atoms in total. The van der Waals surface area contributed by atoms with Crippen molar-refractivity contribution in [3.05, 3.63) is 63.1 Å². The minimum atomic E-state index is -0.00676. The van der Waals surface area contributed by atoms with E-state index in [9.17, 15) is 0 Å². The van der Waals surface area contributed by atoms with E-state index in [1.165, 1.54) is 16.7 Å². The van der Waals surface area contributed by atoms with Crippen LogP contribution >= 0.6 is 15.9 Å². The van der Waals surface area contributed by atoms with Gasteiger partial charge in [-0.2, -0.15) is 0 Å². The highest BCUT2D eigenvalue weighted by Gasteiger charge is 2.18. The fourth-order valence-corrected chi connectivity index (χ4v) is 2.87. The van der Waals surface area contributed by atoms with Gasteiger partial charge in [0.05, 0.1) is 12.6 Å². The molecular formula is C16H17BrN2O. The summed E-state index contributed by atoms with van der Waals surface area (Å²) in [6.07, 6.45) is 0.972. The highest BCUT2D eigenvalue weighted by molar-refractivity contribution is 9.10. The first-order chi connectivity index (χ1) is 9.69. The molecule has 0 spiro atoms. The molecule has 20 heavy (non-hydrogen) atoms. The first-order valence-electron chi connectivity index (χ1n) is 6.67. The molecule has 1 heterocycles. The van der Waals surface area contributed by atoms with Crippen molar-refractivity contribution in [2.75, 3.05) is 6.61 Å². The lowest BCUT2D eigenvalue weighted by molar-refractivity contribution is 0.357. The molecule has 0 saturated heterocycles. The Hall–Kier alpha value is -1.36. The quantitative estimate of drug-likeness (QED) is 0.670. The van der Waals surface area contributed by atoms with Crippen LogP contribution in [0.3, 0.4) is 0 Å². The fraction of sp³-hybridized carbons (Fsp3) is 0.250. The van der Waals surface area contributed by atoms with Crippen LogP contribution in [0, 0.1) is 6.92 Å². The summed E-state index contributed by atoms with van der Waals surface area (Å²) in [5.74, 6) is 6.77. The minimum Gasteiger partial charge on any atom is -0.493 e. The predicted octanol–water partition coefficient (Wildman–Crippen LogP) is 3.25. The molecule has 0 bridgehead atoms. The normalized spacial score (nSPS) is 14.8. The van der Waals surface area contributed by atoms with Crippen LogP contribution in [0.25, 0.3) is 0 Å². The Kier molecular flexibility index (Phi) is 3.78. The van der Waals surface area contributed by atoms with Gasteiger partial charge in [-0.25, -0.2) is 5.43 Å². The summed E-state index contributed by atoms with van der Waals surface area (Å²) in [5.41, 5.74) is 7.70. The van der Waals surface area contributed by atoms with Gasteiger partial charge in [-0.3, -0.25) is 5.84 Å². The molecule has 104 valence electrons. The van der Waals surface area contributed by atoms with Gasteiger partial charge in [-0.05, 0) is 41.3 Å². The standard InChI is InChI=1S/C16H17BrN2O/c1-10-8-12(2-4-14(10)17)16(19-18)13-3-5-15-11(9-13)6-7-20-15/h2-5,8-9,16,19H,6-7,18H2,1H3. The van der Waals surface area contributed by atoms with E-state index in [2.05, 4.69) is 58.6 Å². The van der Waals surface area contributed by atoms with Gasteiger partial charge in [0, 0.05) is 10.9 Å². The highest BCUT2D eigenvalue weighted by atomic mass is 79.9. The molecule has 3 N–H and O–H groups in total. The molecule has 0 amide bonds. The number of halogens is 1. The van der Waals surface area contributed by atoms with E-state index in [4.69, 9.17) is 10.6 Å². The van der Waals surface area contributed by atoms with Crippen molar-refractivity contribution in [3.63, 3.8) is 0 Å². The van der Waals surface area contributed by atoms with E-state index in [1.54, 1.807) is 0 Å². The van der Waals surface area contributed by atoms with E-state index in [1.807, 2.05) is 6.07 Å². The van der Waals surface area contributed by atoms with E-state index in [0.29, 0.717) is 0 Å². The molecule has 4 heteroatoms. The van der Waals surface area contributed by atoms with Crippen molar-refractivity contribution in [3.8, 4) is 5.75 Å². The molecule has 0 aromatic heterocycles. The van der Waals surface area contributed by atoms with Gasteiger partial charge >= 0.3 is 0 Å². The second-order valence-electron chi connectivity index (χ2n) is 5.07. The number of fused-ring (bicyclic) bond motifs is 1. The molecule has 0 aliphatic carbocycles. The second-order valence-corrected chi connectivity index (χ2v) is 5.93. The zero-order chi connectivity index (χ0) is 14.1. The monoisotopic (exact) mass is 332 g/mol. The number of nitrogens with one attached hydrogen (secondary N) is 1. The van der Waals surface area contributed by atoms with Crippen molar-refractivity contribution in [1.82, 2.24) is 5.43 Å². The molecule has 0 fully saturated rings. The fourth-order valence-electron chi connectivity index (χ4n) is 2.62. The average molecular weight is 333 g/mol. The number of rotatable bonds is 3. The lowest BCUT2D eigenvalue weighted by atomic mass is 9.96. The van der Waals surface area contributed by atoms with Crippen molar-refractivity contribution >= 4 is 15.9 Å². The van der Waals surface area contributed by atoms with Crippen molar-refractivity contribution in [2.45, 2.75) is 19.4 Å². The molecule has 0 radical (unpaired) electrons. The Morgan fingerprint density at radius 1 is 1.20 bits per heavy atom.